The monoisotopic (exact) mass is 308 g/mol. The van der Waals surface area contributed by atoms with Crippen LogP contribution in [0.2, 0.25) is 0 Å². The molecule has 2 aromatic rings. The van der Waals surface area contributed by atoms with Crippen molar-refractivity contribution in [2.45, 2.75) is 26.2 Å². The van der Waals surface area contributed by atoms with E-state index in [9.17, 15) is 0 Å². The Hall–Kier alpha value is -1.64. The molecule has 0 saturated carbocycles. The Bertz CT molecular complexity index is 586. The van der Waals surface area contributed by atoms with Crippen LogP contribution in [0.1, 0.15) is 37.3 Å². The molecule has 3 rings (SSSR count). The summed E-state index contributed by atoms with van der Waals surface area (Å²) in [6.07, 6.45) is 1.22. The van der Waals surface area contributed by atoms with Gasteiger partial charge in [0.1, 0.15) is 0 Å². The van der Waals surface area contributed by atoms with Crippen molar-refractivity contribution in [1.29, 1.82) is 0 Å². The molecule has 1 aliphatic carbocycles. The maximum Gasteiger partial charge on any atom is 0.0227 e. The predicted molar refractivity (Wildman–Crippen MR) is 99.0 cm³/mol. The third-order valence-corrected chi connectivity index (χ3v) is 5.03. The lowest BCUT2D eigenvalue weighted by atomic mass is 9.97. The van der Waals surface area contributed by atoms with E-state index in [1.807, 2.05) is 0 Å². The summed E-state index contributed by atoms with van der Waals surface area (Å²) < 4.78 is 0. The molecule has 0 saturated heterocycles. The van der Waals surface area contributed by atoms with Gasteiger partial charge >= 0.3 is 0 Å². The lowest BCUT2D eigenvalue weighted by Crippen LogP contribution is -2.28. The van der Waals surface area contributed by atoms with Gasteiger partial charge in [0, 0.05) is 12.5 Å². The van der Waals surface area contributed by atoms with Crippen LogP contribution in [0.15, 0.2) is 48.5 Å². The maximum absolute atomic E-state index is 3.69. The van der Waals surface area contributed by atoms with Crippen molar-refractivity contribution >= 4 is 0 Å². The molecule has 2 heteroatoms. The van der Waals surface area contributed by atoms with Gasteiger partial charge < -0.3 is 10.2 Å². The number of benzene rings is 2. The van der Waals surface area contributed by atoms with Crippen LogP contribution in [0.4, 0.5) is 0 Å². The van der Waals surface area contributed by atoms with Crippen LogP contribution in [0.3, 0.4) is 0 Å². The summed E-state index contributed by atoms with van der Waals surface area (Å²) in [5.74, 6) is 0.496. The molecule has 0 radical (unpaired) electrons. The summed E-state index contributed by atoms with van der Waals surface area (Å²) in [5, 5.41) is 3.69. The van der Waals surface area contributed by atoms with Crippen LogP contribution < -0.4 is 5.32 Å². The van der Waals surface area contributed by atoms with Crippen molar-refractivity contribution in [2.75, 3.05) is 32.7 Å². The number of nitrogens with zero attached hydrogens (tertiary/aromatic N) is 1. The Kier molecular flexibility index (Phi) is 5.47. The zero-order chi connectivity index (χ0) is 16.1. The maximum atomic E-state index is 3.69. The van der Waals surface area contributed by atoms with Crippen molar-refractivity contribution in [2.24, 2.45) is 0 Å². The topological polar surface area (TPSA) is 15.3 Å². The summed E-state index contributed by atoms with van der Waals surface area (Å²) in [5.41, 5.74) is 5.78. The van der Waals surface area contributed by atoms with Gasteiger partial charge in [0.25, 0.3) is 0 Å². The highest BCUT2D eigenvalue weighted by molar-refractivity contribution is 5.78. The van der Waals surface area contributed by atoms with E-state index in [-0.39, 0.29) is 0 Å². The lowest BCUT2D eigenvalue weighted by Gasteiger charge is -2.19. The SMILES string of the molecule is CCN(CC)CCCNCC1c2ccccc2-c2ccccc21. The Morgan fingerprint density at radius 3 is 2.00 bits per heavy atom. The molecular formula is C21H28N2. The van der Waals surface area contributed by atoms with Crippen molar-refractivity contribution in [3.05, 3.63) is 59.7 Å². The third-order valence-electron chi connectivity index (χ3n) is 5.03. The Labute approximate surface area is 140 Å². The van der Waals surface area contributed by atoms with E-state index >= 15 is 0 Å². The van der Waals surface area contributed by atoms with Crippen molar-refractivity contribution in [1.82, 2.24) is 10.2 Å². The standard InChI is InChI=1S/C21H28N2/c1-3-23(4-2)15-9-14-22-16-21-19-12-7-5-10-17(19)18-11-6-8-13-20(18)21/h5-8,10-13,21-22H,3-4,9,14-16H2,1-2H3. The van der Waals surface area contributed by atoms with Gasteiger partial charge in [0.15, 0.2) is 0 Å². The number of nitrogens with one attached hydrogen (secondary N) is 1. The Morgan fingerprint density at radius 1 is 0.870 bits per heavy atom. The first-order valence-corrected chi connectivity index (χ1v) is 8.96. The summed E-state index contributed by atoms with van der Waals surface area (Å²) in [4.78, 5) is 2.49. The number of hydrogen-bond donors (Lipinski definition) is 1. The second-order valence-corrected chi connectivity index (χ2v) is 6.31. The van der Waals surface area contributed by atoms with Crippen LogP contribution in [-0.4, -0.2) is 37.6 Å². The molecule has 0 heterocycles. The minimum absolute atomic E-state index is 0.496. The van der Waals surface area contributed by atoms with Crippen molar-refractivity contribution in [3.8, 4) is 11.1 Å². The quantitative estimate of drug-likeness (QED) is 0.738. The van der Waals surface area contributed by atoms with Gasteiger partial charge in [-0.3, -0.25) is 0 Å². The van der Waals surface area contributed by atoms with Gasteiger partial charge in [-0.1, -0.05) is 62.4 Å². The smallest absolute Gasteiger partial charge is 0.0227 e. The summed E-state index contributed by atoms with van der Waals surface area (Å²) in [7, 11) is 0. The Morgan fingerprint density at radius 2 is 1.43 bits per heavy atom. The van der Waals surface area contributed by atoms with E-state index in [1.165, 1.54) is 35.2 Å². The largest absolute Gasteiger partial charge is 0.316 e. The van der Waals surface area contributed by atoms with Gasteiger partial charge in [-0.15, -0.1) is 0 Å². The van der Waals surface area contributed by atoms with Crippen LogP contribution in [0.5, 0.6) is 0 Å². The summed E-state index contributed by atoms with van der Waals surface area (Å²) >= 11 is 0. The van der Waals surface area contributed by atoms with Crippen molar-refractivity contribution in [3.63, 3.8) is 0 Å². The average molecular weight is 308 g/mol. The van der Waals surface area contributed by atoms with E-state index in [0.29, 0.717) is 5.92 Å². The van der Waals surface area contributed by atoms with E-state index in [1.54, 1.807) is 0 Å². The molecule has 0 aliphatic heterocycles. The second-order valence-electron chi connectivity index (χ2n) is 6.31. The average Bonchev–Trinajstić information content (AvgIpc) is 2.92. The highest BCUT2D eigenvalue weighted by Crippen LogP contribution is 2.43. The minimum Gasteiger partial charge on any atom is -0.316 e. The van der Waals surface area contributed by atoms with Gasteiger partial charge in [-0.25, -0.2) is 0 Å². The van der Waals surface area contributed by atoms with Crippen LogP contribution in [0.25, 0.3) is 11.1 Å². The zero-order valence-electron chi connectivity index (χ0n) is 14.4. The minimum atomic E-state index is 0.496. The molecule has 0 bridgehead atoms. The van der Waals surface area contributed by atoms with Crippen LogP contribution in [-0.2, 0) is 0 Å². The normalized spacial score (nSPS) is 13.3. The predicted octanol–water partition coefficient (Wildman–Crippen LogP) is 4.12. The highest BCUT2D eigenvalue weighted by Gasteiger charge is 2.27. The molecule has 23 heavy (non-hydrogen) atoms. The van der Waals surface area contributed by atoms with Gasteiger partial charge in [-0.2, -0.15) is 0 Å². The van der Waals surface area contributed by atoms with Crippen LogP contribution in [0, 0.1) is 0 Å². The zero-order valence-corrected chi connectivity index (χ0v) is 14.4. The molecule has 1 aliphatic rings. The highest BCUT2D eigenvalue weighted by atomic mass is 15.1. The first-order chi connectivity index (χ1) is 11.3. The molecule has 2 nitrogen and oxygen atoms in total. The molecule has 122 valence electrons. The number of rotatable bonds is 8. The van der Waals surface area contributed by atoms with E-state index in [0.717, 1.165) is 26.2 Å². The molecule has 1 N–H and O–H groups in total. The van der Waals surface area contributed by atoms with Gasteiger partial charge in [-0.05, 0) is 54.9 Å². The fraction of sp³-hybridized carbons (Fsp3) is 0.429. The van der Waals surface area contributed by atoms with Gasteiger partial charge in [0.2, 0.25) is 0 Å². The van der Waals surface area contributed by atoms with Gasteiger partial charge in [0.05, 0.1) is 0 Å². The van der Waals surface area contributed by atoms with E-state index in [2.05, 4.69) is 72.6 Å². The van der Waals surface area contributed by atoms with E-state index in [4.69, 9.17) is 0 Å². The van der Waals surface area contributed by atoms with Crippen LogP contribution >= 0.6 is 0 Å². The summed E-state index contributed by atoms with van der Waals surface area (Å²) in [6, 6.07) is 17.7. The second kappa shape index (κ2) is 7.76. The third kappa shape index (κ3) is 3.49. The molecular weight excluding hydrogens is 280 g/mol. The first-order valence-electron chi connectivity index (χ1n) is 8.96. The Balaban J connectivity index is 1.60. The molecule has 2 aromatic carbocycles. The lowest BCUT2D eigenvalue weighted by molar-refractivity contribution is 0.298. The molecule has 0 spiro atoms. The number of fused-ring (bicyclic) bond motifs is 3. The number of hydrogen-bond acceptors (Lipinski definition) is 2. The molecule has 0 fully saturated rings. The fourth-order valence-corrected chi connectivity index (χ4v) is 3.69. The molecule has 0 atom stereocenters. The summed E-state index contributed by atoms with van der Waals surface area (Å²) in [6.45, 7) is 10.1. The molecule has 0 amide bonds. The van der Waals surface area contributed by atoms with Crippen molar-refractivity contribution < 1.29 is 0 Å². The van der Waals surface area contributed by atoms with E-state index < -0.39 is 0 Å². The fourth-order valence-electron chi connectivity index (χ4n) is 3.69. The first kappa shape index (κ1) is 16.2. The molecule has 0 aromatic heterocycles. The molecule has 0 unspecified atom stereocenters.